The van der Waals surface area contributed by atoms with Crippen LogP contribution in [0.4, 0.5) is 4.39 Å². The third kappa shape index (κ3) is 4.64. The van der Waals surface area contributed by atoms with Gasteiger partial charge in [-0.2, -0.15) is 5.10 Å². The molecule has 4 rings (SSSR count). The van der Waals surface area contributed by atoms with Crippen molar-refractivity contribution in [1.82, 2.24) is 19.1 Å². The SMILES string of the molecule is CCCN(N)/C=C(\N)SN1CCC2=Cc3c(cnn3-c3ccc(F)cc3)CC2(C(=O)OC)C1. The molecule has 1 aromatic heterocycles. The molecule has 1 aliphatic carbocycles. The van der Waals surface area contributed by atoms with Crippen LogP contribution >= 0.6 is 11.9 Å². The molecule has 0 saturated carbocycles. The molecule has 0 amide bonds. The zero-order chi connectivity index (χ0) is 23.6. The second-order valence-corrected chi connectivity index (χ2v) is 9.51. The van der Waals surface area contributed by atoms with Crippen molar-refractivity contribution < 1.29 is 13.9 Å². The first-order chi connectivity index (χ1) is 15.9. The second-order valence-electron chi connectivity index (χ2n) is 8.34. The van der Waals surface area contributed by atoms with Gasteiger partial charge in [0.1, 0.15) is 11.2 Å². The fraction of sp³-hybridized carbons (Fsp3) is 0.391. The molecule has 1 saturated heterocycles. The highest BCUT2D eigenvalue weighted by Gasteiger charge is 2.49. The number of carbonyl (C=O) groups excluding carboxylic acids is 1. The normalized spacial score (nSPS) is 20.6. The van der Waals surface area contributed by atoms with Gasteiger partial charge in [0.2, 0.25) is 0 Å². The highest BCUT2D eigenvalue weighted by Crippen LogP contribution is 2.46. The van der Waals surface area contributed by atoms with Gasteiger partial charge in [-0.15, -0.1) is 0 Å². The van der Waals surface area contributed by atoms with Crippen LogP contribution in [0.1, 0.15) is 31.0 Å². The summed E-state index contributed by atoms with van der Waals surface area (Å²) in [6.07, 6.45) is 7.61. The fourth-order valence-electron chi connectivity index (χ4n) is 4.51. The Morgan fingerprint density at radius 1 is 1.39 bits per heavy atom. The van der Waals surface area contributed by atoms with E-state index in [9.17, 15) is 9.18 Å². The van der Waals surface area contributed by atoms with Crippen LogP contribution in [0.5, 0.6) is 0 Å². The number of nitrogens with two attached hydrogens (primary N) is 2. The number of methoxy groups -OCH3 is 1. The molecule has 1 aromatic carbocycles. The number of rotatable bonds is 7. The van der Waals surface area contributed by atoms with E-state index < -0.39 is 5.41 Å². The number of esters is 1. The van der Waals surface area contributed by atoms with E-state index in [0.717, 1.165) is 35.5 Å². The number of fused-ring (bicyclic) bond motifs is 2. The number of hydrogen-bond donors (Lipinski definition) is 2. The Balaban J connectivity index is 1.62. The lowest BCUT2D eigenvalue weighted by atomic mass is 9.69. The molecule has 4 N–H and O–H groups in total. The van der Waals surface area contributed by atoms with Crippen LogP contribution in [0, 0.1) is 11.2 Å². The Bertz CT molecular complexity index is 1080. The van der Waals surface area contributed by atoms with Crippen molar-refractivity contribution in [3.05, 3.63) is 64.3 Å². The lowest BCUT2D eigenvalue weighted by Crippen LogP contribution is -2.50. The summed E-state index contributed by atoms with van der Waals surface area (Å²) < 4.78 is 22.5. The Kier molecular flexibility index (Phi) is 6.78. The van der Waals surface area contributed by atoms with Gasteiger partial charge < -0.3 is 15.5 Å². The maximum atomic E-state index is 13.4. The van der Waals surface area contributed by atoms with Crippen LogP contribution in [0.3, 0.4) is 0 Å². The van der Waals surface area contributed by atoms with Crippen LogP contribution in [-0.2, 0) is 16.0 Å². The standard InChI is InChI=1S/C23H29FN6O2S/c1-3-9-28(26)14-21(25)33-29-10-8-17-11-20-16(12-23(17,15-29)22(31)32-2)13-27-30(20)19-6-4-18(24)5-7-19/h4-7,11,13-14H,3,8-10,12,15,25-26H2,1-2H3/b21-14+. The predicted octanol–water partition coefficient (Wildman–Crippen LogP) is 2.81. The highest BCUT2D eigenvalue weighted by molar-refractivity contribution is 8.00. The van der Waals surface area contributed by atoms with Crippen molar-refractivity contribution in [2.24, 2.45) is 17.0 Å². The molecule has 0 spiro atoms. The Hall–Kier alpha value is -2.82. The van der Waals surface area contributed by atoms with Gasteiger partial charge in [-0.05, 0) is 72.7 Å². The molecule has 8 nitrogen and oxygen atoms in total. The van der Waals surface area contributed by atoms with E-state index in [1.807, 2.05) is 13.0 Å². The molecule has 1 fully saturated rings. The monoisotopic (exact) mass is 472 g/mol. The summed E-state index contributed by atoms with van der Waals surface area (Å²) in [5, 5.41) is 6.66. The number of hydrogen-bond acceptors (Lipinski definition) is 8. The molecular formula is C23H29FN6O2S. The van der Waals surface area contributed by atoms with Crippen LogP contribution < -0.4 is 11.6 Å². The summed E-state index contributed by atoms with van der Waals surface area (Å²) in [6.45, 7) is 3.94. The number of aromatic nitrogens is 2. The topological polar surface area (TPSA) is 103 Å². The molecule has 1 unspecified atom stereocenters. The third-order valence-corrected chi connectivity index (χ3v) is 6.92. The van der Waals surface area contributed by atoms with Crippen LogP contribution in [-0.4, -0.2) is 51.8 Å². The van der Waals surface area contributed by atoms with E-state index in [1.54, 1.807) is 34.2 Å². The zero-order valence-electron chi connectivity index (χ0n) is 18.8. The summed E-state index contributed by atoms with van der Waals surface area (Å²) in [6, 6.07) is 6.21. The fourth-order valence-corrected chi connectivity index (χ4v) is 5.45. The summed E-state index contributed by atoms with van der Waals surface area (Å²) >= 11 is 1.40. The largest absolute Gasteiger partial charge is 0.468 e. The first-order valence-corrected chi connectivity index (χ1v) is 11.7. The van der Waals surface area contributed by atoms with Gasteiger partial charge in [-0.3, -0.25) is 4.79 Å². The van der Waals surface area contributed by atoms with E-state index in [0.29, 0.717) is 31.0 Å². The minimum Gasteiger partial charge on any atom is -0.468 e. The molecule has 2 heterocycles. The molecule has 10 heteroatoms. The lowest BCUT2D eigenvalue weighted by molar-refractivity contribution is -0.151. The van der Waals surface area contributed by atoms with Gasteiger partial charge in [-0.1, -0.05) is 6.92 Å². The maximum absolute atomic E-state index is 13.4. The molecule has 1 atom stereocenters. The van der Waals surface area contributed by atoms with E-state index in [-0.39, 0.29) is 11.8 Å². The average Bonchev–Trinajstić information content (AvgIpc) is 3.19. The molecule has 176 valence electrons. The third-order valence-electron chi connectivity index (χ3n) is 6.04. The van der Waals surface area contributed by atoms with Crippen molar-refractivity contribution in [3.8, 4) is 5.69 Å². The second kappa shape index (κ2) is 9.58. The number of ether oxygens (including phenoxy) is 1. The van der Waals surface area contributed by atoms with Crippen molar-refractivity contribution in [1.29, 1.82) is 0 Å². The molecule has 0 bridgehead atoms. The van der Waals surface area contributed by atoms with Gasteiger partial charge >= 0.3 is 5.97 Å². The van der Waals surface area contributed by atoms with Crippen LogP contribution in [0.15, 0.2) is 47.3 Å². The maximum Gasteiger partial charge on any atom is 0.317 e. The molecular weight excluding hydrogens is 443 g/mol. The quantitative estimate of drug-likeness (QED) is 0.275. The van der Waals surface area contributed by atoms with E-state index in [2.05, 4.69) is 9.40 Å². The summed E-state index contributed by atoms with van der Waals surface area (Å²) in [5.41, 5.74) is 9.03. The molecule has 1 aliphatic heterocycles. The number of nitrogens with zero attached hydrogens (tertiary/aromatic N) is 4. The summed E-state index contributed by atoms with van der Waals surface area (Å²) in [4.78, 5) is 13.1. The van der Waals surface area contributed by atoms with Crippen LogP contribution in [0.2, 0.25) is 0 Å². The Morgan fingerprint density at radius 3 is 2.85 bits per heavy atom. The van der Waals surface area contributed by atoms with Crippen molar-refractivity contribution >= 4 is 24.0 Å². The van der Waals surface area contributed by atoms with E-state index in [4.69, 9.17) is 16.3 Å². The zero-order valence-corrected chi connectivity index (χ0v) is 19.6. The van der Waals surface area contributed by atoms with Crippen molar-refractivity contribution in [2.75, 3.05) is 26.7 Å². The van der Waals surface area contributed by atoms with Gasteiger partial charge in [-0.25, -0.2) is 19.2 Å². The van der Waals surface area contributed by atoms with Crippen molar-refractivity contribution in [3.63, 3.8) is 0 Å². The van der Waals surface area contributed by atoms with Gasteiger partial charge in [0.25, 0.3) is 0 Å². The summed E-state index contributed by atoms with van der Waals surface area (Å²) in [7, 11) is 1.42. The average molecular weight is 473 g/mol. The minimum absolute atomic E-state index is 0.270. The summed E-state index contributed by atoms with van der Waals surface area (Å²) in [5.74, 6) is 5.37. The Labute approximate surface area is 197 Å². The molecule has 2 aliphatic rings. The minimum atomic E-state index is -0.810. The van der Waals surface area contributed by atoms with Crippen LogP contribution in [0.25, 0.3) is 11.8 Å². The van der Waals surface area contributed by atoms with Gasteiger partial charge in [0, 0.05) is 25.8 Å². The predicted molar refractivity (Wildman–Crippen MR) is 127 cm³/mol. The van der Waals surface area contributed by atoms with E-state index >= 15 is 0 Å². The number of hydrazine groups is 1. The number of piperidine rings is 1. The van der Waals surface area contributed by atoms with Gasteiger partial charge in [0.15, 0.2) is 0 Å². The first kappa shape index (κ1) is 23.3. The first-order valence-electron chi connectivity index (χ1n) is 10.9. The van der Waals surface area contributed by atoms with E-state index in [1.165, 1.54) is 31.2 Å². The Morgan fingerprint density at radius 2 is 2.15 bits per heavy atom. The molecule has 2 aromatic rings. The molecule has 0 radical (unpaired) electrons. The van der Waals surface area contributed by atoms with Crippen molar-refractivity contribution in [2.45, 2.75) is 26.2 Å². The molecule has 33 heavy (non-hydrogen) atoms. The number of carbonyl (C=O) groups is 1. The lowest BCUT2D eigenvalue weighted by Gasteiger charge is -2.43. The smallest absolute Gasteiger partial charge is 0.317 e. The number of halogens is 1. The number of benzene rings is 1. The highest BCUT2D eigenvalue weighted by atomic mass is 32.2. The van der Waals surface area contributed by atoms with Gasteiger partial charge in [0.05, 0.1) is 29.7 Å².